The van der Waals surface area contributed by atoms with Crippen LogP contribution >= 0.6 is 11.6 Å². The van der Waals surface area contributed by atoms with Gasteiger partial charge in [-0.25, -0.2) is 8.42 Å². The van der Waals surface area contributed by atoms with E-state index in [2.05, 4.69) is 4.90 Å². The van der Waals surface area contributed by atoms with Crippen molar-refractivity contribution in [3.8, 4) is 5.75 Å². The number of methoxy groups -OCH3 is 1. The number of anilines is 1. The molecular weight excluding hydrogens is 396 g/mol. The minimum Gasteiger partial charge on any atom is -0.496 e. The SMILES string of the molecule is COc1ccc(S(=O)(=O)N2CCN(c3ccccc3Cl)CC2)c2ccccc12. The van der Waals surface area contributed by atoms with Gasteiger partial charge in [0.05, 0.1) is 22.7 Å². The van der Waals surface area contributed by atoms with Gasteiger partial charge in [-0.1, -0.05) is 48.0 Å². The number of hydrogen-bond acceptors (Lipinski definition) is 4. The van der Waals surface area contributed by atoms with Crippen molar-refractivity contribution in [3.63, 3.8) is 0 Å². The van der Waals surface area contributed by atoms with Crippen LogP contribution < -0.4 is 9.64 Å². The third-order valence-electron chi connectivity index (χ3n) is 5.11. The Morgan fingerprint density at radius 2 is 1.50 bits per heavy atom. The van der Waals surface area contributed by atoms with E-state index in [1.807, 2.05) is 48.5 Å². The molecule has 1 aliphatic rings. The molecule has 3 aromatic rings. The minimum absolute atomic E-state index is 0.315. The summed E-state index contributed by atoms with van der Waals surface area (Å²) in [4.78, 5) is 2.44. The molecule has 0 unspecified atom stereocenters. The molecule has 0 aromatic heterocycles. The van der Waals surface area contributed by atoms with E-state index >= 15 is 0 Å². The summed E-state index contributed by atoms with van der Waals surface area (Å²) in [5.74, 6) is 0.665. The molecule has 0 radical (unpaired) electrons. The van der Waals surface area contributed by atoms with Gasteiger partial charge in [-0.2, -0.15) is 4.31 Å². The van der Waals surface area contributed by atoms with Crippen molar-refractivity contribution in [3.05, 3.63) is 65.7 Å². The monoisotopic (exact) mass is 416 g/mol. The van der Waals surface area contributed by atoms with Crippen LogP contribution in [-0.4, -0.2) is 46.0 Å². The van der Waals surface area contributed by atoms with Gasteiger partial charge in [-0.15, -0.1) is 0 Å². The highest BCUT2D eigenvalue weighted by Gasteiger charge is 2.30. The van der Waals surface area contributed by atoms with Gasteiger partial charge in [-0.05, 0) is 24.3 Å². The molecule has 4 rings (SSSR count). The summed E-state index contributed by atoms with van der Waals surface area (Å²) in [5, 5.41) is 2.15. The fourth-order valence-corrected chi connectivity index (χ4v) is 5.54. The van der Waals surface area contributed by atoms with E-state index in [0.29, 0.717) is 47.2 Å². The fourth-order valence-electron chi connectivity index (χ4n) is 3.66. The average Bonchev–Trinajstić information content (AvgIpc) is 2.73. The van der Waals surface area contributed by atoms with Crippen molar-refractivity contribution in [2.75, 3.05) is 38.2 Å². The zero-order valence-electron chi connectivity index (χ0n) is 15.5. The highest BCUT2D eigenvalue weighted by atomic mass is 35.5. The number of ether oxygens (including phenoxy) is 1. The maximum Gasteiger partial charge on any atom is 0.243 e. The predicted octanol–water partition coefficient (Wildman–Crippen LogP) is 4.01. The lowest BCUT2D eigenvalue weighted by Gasteiger charge is -2.36. The van der Waals surface area contributed by atoms with Crippen molar-refractivity contribution in [2.45, 2.75) is 4.90 Å². The smallest absolute Gasteiger partial charge is 0.243 e. The van der Waals surface area contributed by atoms with Gasteiger partial charge in [0.15, 0.2) is 0 Å². The maximum atomic E-state index is 13.4. The van der Waals surface area contributed by atoms with Gasteiger partial charge in [0.2, 0.25) is 10.0 Å². The molecule has 146 valence electrons. The standard InChI is InChI=1S/C21H21ClN2O3S/c1-27-20-10-11-21(17-7-3-2-6-16(17)20)28(25,26)24-14-12-23(13-15-24)19-9-5-4-8-18(19)22/h2-11H,12-15H2,1H3. The van der Waals surface area contributed by atoms with Gasteiger partial charge in [0, 0.05) is 37.0 Å². The molecular formula is C21H21ClN2O3S. The third-order valence-corrected chi connectivity index (χ3v) is 7.39. The van der Waals surface area contributed by atoms with Crippen LogP contribution in [0.4, 0.5) is 5.69 Å². The second-order valence-corrected chi connectivity index (χ2v) is 8.97. The lowest BCUT2D eigenvalue weighted by atomic mass is 10.1. The summed E-state index contributed by atoms with van der Waals surface area (Å²) in [6.45, 7) is 2.01. The van der Waals surface area contributed by atoms with Crippen LogP contribution in [0.25, 0.3) is 10.8 Å². The highest BCUT2D eigenvalue weighted by Crippen LogP contribution is 2.33. The molecule has 0 atom stereocenters. The largest absolute Gasteiger partial charge is 0.496 e. The molecule has 7 heteroatoms. The molecule has 5 nitrogen and oxygen atoms in total. The van der Waals surface area contributed by atoms with Crippen LogP contribution in [0.2, 0.25) is 5.02 Å². The lowest BCUT2D eigenvalue weighted by molar-refractivity contribution is 0.385. The van der Waals surface area contributed by atoms with E-state index in [1.165, 1.54) is 0 Å². The zero-order chi connectivity index (χ0) is 19.7. The molecule has 1 heterocycles. The number of fused-ring (bicyclic) bond motifs is 1. The minimum atomic E-state index is -3.61. The van der Waals surface area contributed by atoms with Crippen molar-refractivity contribution >= 4 is 38.1 Å². The van der Waals surface area contributed by atoms with Gasteiger partial charge >= 0.3 is 0 Å². The van der Waals surface area contributed by atoms with E-state index < -0.39 is 10.0 Å². The van der Waals surface area contributed by atoms with Crippen molar-refractivity contribution in [2.24, 2.45) is 0 Å². The zero-order valence-corrected chi connectivity index (χ0v) is 17.1. The lowest BCUT2D eigenvalue weighted by Crippen LogP contribution is -2.48. The van der Waals surface area contributed by atoms with E-state index in [4.69, 9.17) is 16.3 Å². The average molecular weight is 417 g/mol. The van der Waals surface area contributed by atoms with Crippen LogP contribution in [0.3, 0.4) is 0 Å². The Balaban J connectivity index is 1.62. The number of benzene rings is 3. The van der Waals surface area contributed by atoms with Crippen LogP contribution in [0.1, 0.15) is 0 Å². The van der Waals surface area contributed by atoms with Gasteiger partial charge in [0.25, 0.3) is 0 Å². The molecule has 0 aliphatic carbocycles. The Bertz CT molecular complexity index is 1110. The van der Waals surface area contributed by atoms with E-state index in [-0.39, 0.29) is 0 Å². The number of halogens is 1. The molecule has 0 bridgehead atoms. The molecule has 1 saturated heterocycles. The Hall–Kier alpha value is -2.28. The molecule has 3 aromatic carbocycles. The Kier molecular flexibility index (Phi) is 5.19. The Morgan fingerprint density at radius 1 is 0.857 bits per heavy atom. The molecule has 0 saturated carbocycles. The summed E-state index contributed by atoms with van der Waals surface area (Å²) >= 11 is 6.29. The van der Waals surface area contributed by atoms with Crippen molar-refractivity contribution in [1.29, 1.82) is 0 Å². The van der Waals surface area contributed by atoms with E-state index in [1.54, 1.807) is 23.5 Å². The van der Waals surface area contributed by atoms with Crippen molar-refractivity contribution in [1.82, 2.24) is 4.31 Å². The predicted molar refractivity (Wildman–Crippen MR) is 113 cm³/mol. The number of piperazine rings is 1. The van der Waals surface area contributed by atoms with Gasteiger partial charge in [-0.3, -0.25) is 0 Å². The molecule has 0 spiro atoms. The number of rotatable bonds is 4. The molecule has 28 heavy (non-hydrogen) atoms. The number of para-hydroxylation sites is 1. The molecule has 0 amide bonds. The quantitative estimate of drug-likeness (QED) is 0.644. The van der Waals surface area contributed by atoms with Crippen LogP contribution in [0.15, 0.2) is 65.6 Å². The highest BCUT2D eigenvalue weighted by molar-refractivity contribution is 7.89. The first-order chi connectivity index (χ1) is 13.5. The summed E-state index contributed by atoms with van der Waals surface area (Å²) in [6.07, 6.45) is 0. The van der Waals surface area contributed by atoms with E-state index in [9.17, 15) is 8.42 Å². The van der Waals surface area contributed by atoms with Gasteiger partial charge < -0.3 is 9.64 Å². The second-order valence-electron chi connectivity index (χ2n) is 6.65. The normalized spacial score (nSPS) is 15.7. The summed E-state index contributed by atoms with van der Waals surface area (Å²) in [6, 6.07) is 18.4. The van der Waals surface area contributed by atoms with Gasteiger partial charge in [0.1, 0.15) is 5.75 Å². The second kappa shape index (κ2) is 7.62. The van der Waals surface area contributed by atoms with E-state index in [0.717, 1.165) is 11.1 Å². The van der Waals surface area contributed by atoms with Crippen LogP contribution in [-0.2, 0) is 10.0 Å². The maximum absolute atomic E-state index is 13.4. The first kappa shape index (κ1) is 19.1. The number of nitrogens with zero attached hydrogens (tertiary/aromatic N) is 2. The number of sulfonamides is 1. The fraction of sp³-hybridized carbons (Fsp3) is 0.238. The third kappa shape index (κ3) is 3.32. The van der Waals surface area contributed by atoms with Crippen molar-refractivity contribution < 1.29 is 13.2 Å². The summed E-state index contributed by atoms with van der Waals surface area (Å²) in [5.41, 5.74) is 0.941. The van der Waals surface area contributed by atoms with Crippen LogP contribution in [0.5, 0.6) is 5.75 Å². The Labute approximate surface area is 170 Å². The summed E-state index contributed by atoms with van der Waals surface area (Å²) in [7, 11) is -2.02. The number of hydrogen-bond donors (Lipinski definition) is 0. The molecule has 0 N–H and O–H groups in total. The Morgan fingerprint density at radius 3 is 2.18 bits per heavy atom. The topological polar surface area (TPSA) is 49.9 Å². The molecule has 1 aliphatic heterocycles. The molecule has 1 fully saturated rings. The first-order valence-electron chi connectivity index (χ1n) is 9.08. The first-order valence-corrected chi connectivity index (χ1v) is 10.9. The van der Waals surface area contributed by atoms with Crippen LogP contribution in [0, 0.1) is 0 Å². The summed E-state index contributed by atoms with van der Waals surface area (Å²) < 4.78 is 33.6.